The lowest BCUT2D eigenvalue weighted by Gasteiger charge is -2.07. The number of aryl methyl sites for hydroxylation is 2. The topological polar surface area (TPSA) is 37.8 Å². The summed E-state index contributed by atoms with van der Waals surface area (Å²) in [4.78, 5) is 8.45. The zero-order valence-electron chi connectivity index (χ0n) is 10.1. The summed E-state index contributed by atoms with van der Waals surface area (Å²) in [5.74, 6) is 0.233. The van der Waals surface area contributed by atoms with E-state index in [0.717, 1.165) is 11.3 Å². The van der Waals surface area contributed by atoms with E-state index in [0.29, 0.717) is 17.2 Å². The maximum atomic E-state index is 13.7. The monoisotopic (exact) mass is 231 g/mol. The number of nitrogens with one attached hydrogen (secondary N) is 1. The number of hydrogen-bond acceptors (Lipinski definition) is 3. The first-order valence-electron chi connectivity index (χ1n) is 5.40. The summed E-state index contributed by atoms with van der Waals surface area (Å²) in [7, 11) is 1.74. The maximum Gasteiger partial charge on any atom is 0.223 e. The normalized spacial score (nSPS) is 10.4. The highest BCUT2D eigenvalue weighted by Gasteiger charge is 2.09. The molecule has 0 aliphatic heterocycles. The highest BCUT2D eigenvalue weighted by Crippen LogP contribution is 2.23. The van der Waals surface area contributed by atoms with Crippen LogP contribution in [-0.4, -0.2) is 17.0 Å². The van der Waals surface area contributed by atoms with Gasteiger partial charge >= 0.3 is 0 Å². The Bertz CT molecular complexity index is 552. The molecule has 0 amide bonds. The minimum atomic E-state index is -0.268. The molecule has 4 heteroatoms. The van der Waals surface area contributed by atoms with Crippen LogP contribution in [0, 0.1) is 19.7 Å². The quantitative estimate of drug-likeness (QED) is 0.863. The van der Waals surface area contributed by atoms with Crippen molar-refractivity contribution in [2.75, 3.05) is 12.4 Å². The average Bonchev–Trinajstić information content (AvgIpc) is 2.31. The molecule has 3 nitrogen and oxygen atoms in total. The lowest BCUT2D eigenvalue weighted by molar-refractivity contribution is 0.630. The molecule has 17 heavy (non-hydrogen) atoms. The number of hydrogen-bond donors (Lipinski definition) is 1. The molecule has 0 bridgehead atoms. The first-order valence-corrected chi connectivity index (χ1v) is 5.40. The predicted molar refractivity (Wildman–Crippen MR) is 66.4 cm³/mol. The van der Waals surface area contributed by atoms with Crippen molar-refractivity contribution in [3.63, 3.8) is 0 Å². The zero-order chi connectivity index (χ0) is 12.4. The number of aromatic nitrogens is 2. The summed E-state index contributed by atoms with van der Waals surface area (Å²) in [5.41, 5.74) is 2.92. The smallest absolute Gasteiger partial charge is 0.223 e. The molecule has 0 spiro atoms. The van der Waals surface area contributed by atoms with Gasteiger partial charge in [-0.2, -0.15) is 0 Å². The Morgan fingerprint density at radius 3 is 2.59 bits per heavy atom. The van der Waals surface area contributed by atoms with Gasteiger partial charge in [0.05, 0.1) is 5.69 Å². The Hall–Kier alpha value is -1.97. The van der Waals surface area contributed by atoms with Crippen LogP contribution in [0.2, 0.25) is 0 Å². The van der Waals surface area contributed by atoms with Gasteiger partial charge in [-0.1, -0.05) is 11.6 Å². The van der Waals surface area contributed by atoms with E-state index in [2.05, 4.69) is 15.3 Å². The molecule has 0 fully saturated rings. The van der Waals surface area contributed by atoms with Gasteiger partial charge in [-0.25, -0.2) is 14.4 Å². The van der Waals surface area contributed by atoms with E-state index in [-0.39, 0.29) is 5.82 Å². The Kier molecular flexibility index (Phi) is 3.04. The first kappa shape index (κ1) is 11.5. The fourth-order valence-corrected chi connectivity index (χ4v) is 1.65. The van der Waals surface area contributed by atoms with Gasteiger partial charge in [-0.15, -0.1) is 0 Å². The molecule has 0 aliphatic rings. The van der Waals surface area contributed by atoms with Crippen molar-refractivity contribution < 1.29 is 4.39 Å². The van der Waals surface area contributed by atoms with Crippen LogP contribution in [0.25, 0.3) is 11.3 Å². The summed E-state index contributed by atoms with van der Waals surface area (Å²) in [5, 5.41) is 2.87. The standard InChI is InChI=1S/C13H14FN3/c1-8-4-5-11(14)10(6-8)12-7-9(2)16-13(15-3)17-12/h4-7H,1-3H3,(H,15,16,17). The lowest BCUT2D eigenvalue weighted by atomic mass is 10.1. The van der Waals surface area contributed by atoms with Crippen LogP contribution in [0.3, 0.4) is 0 Å². The van der Waals surface area contributed by atoms with Crippen molar-refractivity contribution in [1.82, 2.24) is 9.97 Å². The van der Waals surface area contributed by atoms with Gasteiger partial charge in [-0.05, 0) is 32.0 Å². The van der Waals surface area contributed by atoms with Crippen molar-refractivity contribution in [2.45, 2.75) is 13.8 Å². The summed E-state index contributed by atoms with van der Waals surface area (Å²) in [6.07, 6.45) is 0. The fourth-order valence-electron chi connectivity index (χ4n) is 1.65. The summed E-state index contributed by atoms with van der Waals surface area (Å²) < 4.78 is 13.7. The van der Waals surface area contributed by atoms with E-state index in [1.807, 2.05) is 13.8 Å². The van der Waals surface area contributed by atoms with E-state index in [1.54, 1.807) is 25.2 Å². The van der Waals surface area contributed by atoms with Gasteiger partial charge < -0.3 is 5.32 Å². The molecule has 1 heterocycles. The Morgan fingerprint density at radius 2 is 1.88 bits per heavy atom. The van der Waals surface area contributed by atoms with Crippen LogP contribution >= 0.6 is 0 Å². The second kappa shape index (κ2) is 4.49. The lowest BCUT2D eigenvalue weighted by Crippen LogP contribution is -2.00. The highest BCUT2D eigenvalue weighted by molar-refractivity contribution is 5.62. The number of rotatable bonds is 2. The van der Waals surface area contributed by atoms with Gasteiger partial charge in [0.15, 0.2) is 0 Å². The Balaban J connectivity index is 2.59. The summed E-state index contributed by atoms with van der Waals surface area (Å²) in [6, 6.07) is 6.77. The first-order chi connectivity index (χ1) is 8.10. The highest BCUT2D eigenvalue weighted by atomic mass is 19.1. The molecule has 1 N–H and O–H groups in total. The molecule has 0 aliphatic carbocycles. The molecule has 1 aromatic carbocycles. The van der Waals surface area contributed by atoms with Crippen molar-refractivity contribution in [1.29, 1.82) is 0 Å². The van der Waals surface area contributed by atoms with Gasteiger partial charge in [-0.3, -0.25) is 0 Å². The minimum absolute atomic E-state index is 0.268. The average molecular weight is 231 g/mol. The van der Waals surface area contributed by atoms with Crippen molar-refractivity contribution in [3.05, 3.63) is 41.3 Å². The molecule has 0 unspecified atom stereocenters. The molecular weight excluding hydrogens is 217 g/mol. The second-order valence-corrected chi connectivity index (χ2v) is 3.95. The molecule has 0 saturated carbocycles. The zero-order valence-corrected chi connectivity index (χ0v) is 10.1. The van der Waals surface area contributed by atoms with Crippen LogP contribution in [0.4, 0.5) is 10.3 Å². The Labute approximate surface area is 99.7 Å². The van der Waals surface area contributed by atoms with Gasteiger partial charge in [0.2, 0.25) is 5.95 Å². The molecule has 2 rings (SSSR count). The van der Waals surface area contributed by atoms with Crippen LogP contribution in [-0.2, 0) is 0 Å². The molecule has 88 valence electrons. The van der Waals surface area contributed by atoms with Crippen molar-refractivity contribution in [2.24, 2.45) is 0 Å². The van der Waals surface area contributed by atoms with Crippen LogP contribution in [0.1, 0.15) is 11.3 Å². The third-order valence-electron chi connectivity index (χ3n) is 2.48. The van der Waals surface area contributed by atoms with Gasteiger partial charge in [0.25, 0.3) is 0 Å². The Morgan fingerprint density at radius 1 is 1.12 bits per heavy atom. The number of benzene rings is 1. The molecule has 0 radical (unpaired) electrons. The van der Waals surface area contributed by atoms with Crippen molar-refractivity contribution in [3.8, 4) is 11.3 Å². The third kappa shape index (κ3) is 2.41. The van der Waals surface area contributed by atoms with E-state index in [4.69, 9.17) is 0 Å². The van der Waals surface area contributed by atoms with Crippen molar-refractivity contribution >= 4 is 5.95 Å². The van der Waals surface area contributed by atoms with E-state index in [9.17, 15) is 4.39 Å². The van der Waals surface area contributed by atoms with Gasteiger partial charge in [0.1, 0.15) is 5.82 Å². The maximum absolute atomic E-state index is 13.7. The van der Waals surface area contributed by atoms with E-state index < -0.39 is 0 Å². The molecule has 0 atom stereocenters. The minimum Gasteiger partial charge on any atom is -0.357 e. The third-order valence-corrected chi connectivity index (χ3v) is 2.48. The number of nitrogens with zero attached hydrogens (tertiary/aromatic N) is 2. The van der Waals surface area contributed by atoms with Gasteiger partial charge in [0, 0.05) is 18.3 Å². The molecule has 1 aromatic heterocycles. The molecular formula is C13H14FN3. The van der Waals surface area contributed by atoms with Crippen LogP contribution in [0.5, 0.6) is 0 Å². The predicted octanol–water partition coefficient (Wildman–Crippen LogP) is 2.94. The van der Waals surface area contributed by atoms with E-state index in [1.165, 1.54) is 6.07 Å². The summed E-state index contributed by atoms with van der Waals surface area (Å²) >= 11 is 0. The van der Waals surface area contributed by atoms with Crippen LogP contribution in [0.15, 0.2) is 24.3 Å². The van der Waals surface area contributed by atoms with Crippen LogP contribution < -0.4 is 5.32 Å². The summed E-state index contributed by atoms with van der Waals surface area (Å²) in [6.45, 7) is 3.79. The van der Waals surface area contributed by atoms with E-state index >= 15 is 0 Å². The molecule has 0 saturated heterocycles. The SMILES string of the molecule is CNc1nc(C)cc(-c2cc(C)ccc2F)n1. The fraction of sp³-hybridized carbons (Fsp3) is 0.231. The second-order valence-electron chi connectivity index (χ2n) is 3.95. The largest absolute Gasteiger partial charge is 0.357 e. The molecule has 2 aromatic rings. The number of halogens is 1. The number of anilines is 1.